The van der Waals surface area contributed by atoms with Crippen LogP contribution in [-0.4, -0.2) is 6.54 Å². The minimum Gasteiger partial charge on any atom is -0.466 e. The molecule has 0 radical (unpaired) electrons. The molecule has 20 heavy (non-hydrogen) atoms. The molecule has 2 aromatic rings. The standard InChI is InChI=1S/C17H25NOS/c1-6-14-8-9-15(20-14)10-16(18-7-2)17-11(3)12(4)19-13(17)5/h8-9,16,18H,6-7,10H2,1-5H3. The van der Waals surface area contributed by atoms with Gasteiger partial charge in [-0.25, -0.2) is 0 Å². The molecule has 1 N–H and O–H groups in total. The third kappa shape index (κ3) is 3.15. The van der Waals surface area contributed by atoms with Crippen molar-refractivity contribution in [1.82, 2.24) is 5.32 Å². The fourth-order valence-electron chi connectivity index (χ4n) is 2.77. The van der Waals surface area contributed by atoms with Crippen LogP contribution in [0, 0.1) is 20.8 Å². The fourth-order valence-corrected chi connectivity index (χ4v) is 3.77. The zero-order valence-corrected chi connectivity index (χ0v) is 14.0. The van der Waals surface area contributed by atoms with E-state index >= 15 is 0 Å². The molecule has 0 aliphatic carbocycles. The lowest BCUT2D eigenvalue weighted by Crippen LogP contribution is -2.23. The van der Waals surface area contributed by atoms with Gasteiger partial charge in [-0.2, -0.15) is 0 Å². The largest absolute Gasteiger partial charge is 0.466 e. The van der Waals surface area contributed by atoms with Crippen LogP contribution in [-0.2, 0) is 12.8 Å². The minimum atomic E-state index is 0.348. The maximum Gasteiger partial charge on any atom is 0.106 e. The summed E-state index contributed by atoms with van der Waals surface area (Å²) in [4.78, 5) is 2.91. The van der Waals surface area contributed by atoms with Crippen molar-refractivity contribution >= 4 is 11.3 Å². The molecule has 0 amide bonds. The van der Waals surface area contributed by atoms with Crippen molar-refractivity contribution in [3.63, 3.8) is 0 Å². The second kappa shape index (κ2) is 6.59. The zero-order valence-electron chi connectivity index (χ0n) is 13.2. The molecule has 0 saturated heterocycles. The lowest BCUT2D eigenvalue weighted by Gasteiger charge is -2.18. The van der Waals surface area contributed by atoms with E-state index in [1.165, 1.54) is 20.9 Å². The van der Waals surface area contributed by atoms with Crippen LogP contribution in [0.2, 0.25) is 0 Å². The highest BCUT2D eigenvalue weighted by molar-refractivity contribution is 7.11. The monoisotopic (exact) mass is 291 g/mol. The first-order chi connectivity index (χ1) is 9.56. The topological polar surface area (TPSA) is 25.2 Å². The molecular weight excluding hydrogens is 266 g/mol. The van der Waals surface area contributed by atoms with Crippen LogP contribution in [0.15, 0.2) is 16.5 Å². The predicted molar refractivity (Wildman–Crippen MR) is 86.7 cm³/mol. The normalized spacial score (nSPS) is 12.8. The van der Waals surface area contributed by atoms with Crippen LogP contribution < -0.4 is 5.32 Å². The molecule has 0 fully saturated rings. The van der Waals surface area contributed by atoms with Crippen LogP contribution >= 0.6 is 11.3 Å². The van der Waals surface area contributed by atoms with Crippen molar-refractivity contribution in [2.24, 2.45) is 0 Å². The average molecular weight is 291 g/mol. The number of hydrogen-bond acceptors (Lipinski definition) is 3. The Balaban J connectivity index is 2.26. The van der Waals surface area contributed by atoms with Gasteiger partial charge in [0, 0.05) is 27.8 Å². The van der Waals surface area contributed by atoms with Crippen molar-refractivity contribution in [1.29, 1.82) is 0 Å². The van der Waals surface area contributed by atoms with Gasteiger partial charge in [0.25, 0.3) is 0 Å². The van der Waals surface area contributed by atoms with Crippen molar-refractivity contribution in [2.45, 2.75) is 53.5 Å². The third-order valence-electron chi connectivity index (χ3n) is 3.89. The van der Waals surface area contributed by atoms with Gasteiger partial charge >= 0.3 is 0 Å². The van der Waals surface area contributed by atoms with Gasteiger partial charge in [-0.1, -0.05) is 13.8 Å². The second-order valence-electron chi connectivity index (χ2n) is 5.29. The molecule has 2 nitrogen and oxygen atoms in total. The fraction of sp³-hybridized carbons (Fsp3) is 0.529. The lowest BCUT2D eigenvalue weighted by molar-refractivity contribution is 0.485. The quantitative estimate of drug-likeness (QED) is 0.833. The van der Waals surface area contributed by atoms with Crippen molar-refractivity contribution < 1.29 is 4.42 Å². The lowest BCUT2D eigenvalue weighted by atomic mass is 9.98. The molecule has 3 heteroatoms. The highest BCUT2D eigenvalue weighted by Gasteiger charge is 2.21. The summed E-state index contributed by atoms with van der Waals surface area (Å²) >= 11 is 1.93. The summed E-state index contributed by atoms with van der Waals surface area (Å²) in [6.45, 7) is 11.6. The molecule has 2 aromatic heterocycles. The number of aryl methyl sites for hydroxylation is 3. The summed E-state index contributed by atoms with van der Waals surface area (Å²) in [5, 5.41) is 3.62. The van der Waals surface area contributed by atoms with Crippen molar-refractivity contribution in [3.8, 4) is 0 Å². The van der Waals surface area contributed by atoms with Gasteiger partial charge in [-0.15, -0.1) is 11.3 Å². The van der Waals surface area contributed by atoms with Gasteiger partial charge in [-0.3, -0.25) is 0 Å². The summed E-state index contributed by atoms with van der Waals surface area (Å²) < 4.78 is 5.80. The summed E-state index contributed by atoms with van der Waals surface area (Å²) in [5.74, 6) is 2.10. The summed E-state index contributed by atoms with van der Waals surface area (Å²) in [6.07, 6.45) is 2.17. The van der Waals surface area contributed by atoms with Gasteiger partial charge in [0.05, 0.1) is 0 Å². The van der Waals surface area contributed by atoms with E-state index < -0.39 is 0 Å². The van der Waals surface area contributed by atoms with Crippen LogP contribution in [0.4, 0.5) is 0 Å². The van der Waals surface area contributed by atoms with E-state index in [1.54, 1.807) is 0 Å². The van der Waals surface area contributed by atoms with E-state index in [-0.39, 0.29) is 0 Å². The van der Waals surface area contributed by atoms with Gasteiger partial charge in [0.15, 0.2) is 0 Å². The molecule has 0 aliphatic heterocycles. The maximum atomic E-state index is 5.80. The van der Waals surface area contributed by atoms with Crippen LogP contribution in [0.1, 0.15) is 52.3 Å². The number of nitrogens with one attached hydrogen (secondary N) is 1. The number of thiophene rings is 1. The average Bonchev–Trinajstić information content (AvgIpc) is 2.95. The molecule has 2 rings (SSSR count). The molecule has 0 bridgehead atoms. The number of hydrogen-bond donors (Lipinski definition) is 1. The molecule has 0 aromatic carbocycles. The highest BCUT2D eigenvalue weighted by atomic mass is 32.1. The summed E-state index contributed by atoms with van der Waals surface area (Å²) in [7, 11) is 0. The van der Waals surface area contributed by atoms with Gasteiger partial charge in [0.1, 0.15) is 11.5 Å². The van der Waals surface area contributed by atoms with E-state index in [0.29, 0.717) is 6.04 Å². The Bertz CT molecular complexity index is 568. The van der Waals surface area contributed by atoms with Crippen LogP contribution in [0.5, 0.6) is 0 Å². The van der Waals surface area contributed by atoms with E-state index in [1.807, 2.05) is 11.3 Å². The smallest absolute Gasteiger partial charge is 0.106 e. The highest BCUT2D eigenvalue weighted by Crippen LogP contribution is 2.31. The van der Waals surface area contributed by atoms with Gasteiger partial charge < -0.3 is 9.73 Å². The van der Waals surface area contributed by atoms with E-state index in [4.69, 9.17) is 4.42 Å². The molecule has 0 spiro atoms. The van der Waals surface area contributed by atoms with E-state index in [0.717, 1.165) is 30.9 Å². The van der Waals surface area contributed by atoms with E-state index in [9.17, 15) is 0 Å². The Kier molecular flexibility index (Phi) is 5.06. The molecular formula is C17H25NOS. The predicted octanol–water partition coefficient (Wildman–Crippen LogP) is 4.72. The minimum absolute atomic E-state index is 0.348. The Hall–Kier alpha value is -1.06. The van der Waals surface area contributed by atoms with E-state index in [2.05, 4.69) is 52.1 Å². The van der Waals surface area contributed by atoms with Crippen molar-refractivity contribution in [3.05, 3.63) is 44.5 Å². The SMILES string of the molecule is CCNC(Cc1ccc(CC)s1)c1c(C)oc(C)c1C. The third-order valence-corrected chi connectivity index (χ3v) is 5.14. The zero-order chi connectivity index (χ0) is 14.7. The molecule has 1 atom stereocenters. The number of furan rings is 1. The first-order valence-corrected chi connectivity index (χ1v) is 8.25. The summed E-state index contributed by atoms with van der Waals surface area (Å²) in [6, 6.07) is 4.87. The van der Waals surface area contributed by atoms with Crippen LogP contribution in [0.3, 0.4) is 0 Å². The first kappa shape index (κ1) is 15.3. The number of likely N-dealkylation sites (N-methyl/N-ethyl adjacent to an activating group) is 1. The second-order valence-corrected chi connectivity index (χ2v) is 6.54. The first-order valence-electron chi connectivity index (χ1n) is 7.44. The molecule has 1 unspecified atom stereocenters. The molecule has 2 heterocycles. The Labute approximate surface area is 126 Å². The van der Waals surface area contributed by atoms with Gasteiger partial charge in [-0.05, 0) is 51.4 Å². The molecule has 110 valence electrons. The van der Waals surface area contributed by atoms with Gasteiger partial charge in [0.2, 0.25) is 0 Å². The van der Waals surface area contributed by atoms with Crippen molar-refractivity contribution in [2.75, 3.05) is 6.54 Å². The molecule has 0 saturated carbocycles. The Morgan fingerprint density at radius 2 is 1.80 bits per heavy atom. The number of rotatable bonds is 6. The molecule has 0 aliphatic rings. The summed E-state index contributed by atoms with van der Waals surface area (Å²) in [5.41, 5.74) is 2.64. The Morgan fingerprint density at radius 3 is 2.30 bits per heavy atom. The maximum absolute atomic E-state index is 5.80. The Morgan fingerprint density at radius 1 is 1.10 bits per heavy atom. The van der Waals surface area contributed by atoms with Crippen LogP contribution in [0.25, 0.3) is 0 Å².